The molecule has 4 rings (SSSR count). The molecule has 1 aliphatic heterocycles. The van der Waals surface area contributed by atoms with Gasteiger partial charge in [0.05, 0.1) is 6.33 Å². The molecule has 5 N–H and O–H groups in total. The van der Waals surface area contributed by atoms with Crippen molar-refractivity contribution in [2.45, 2.75) is 0 Å². The van der Waals surface area contributed by atoms with Crippen LogP contribution in [-0.4, -0.2) is 55.3 Å². The van der Waals surface area contributed by atoms with Crippen molar-refractivity contribution in [3.05, 3.63) is 66.3 Å². The second-order valence-electron chi connectivity index (χ2n) is 6.12. The van der Waals surface area contributed by atoms with Crippen molar-refractivity contribution in [1.29, 1.82) is 0 Å². The molecule has 3 aromatic rings. The number of imidazole rings is 1. The molecule has 0 atom stereocenters. The summed E-state index contributed by atoms with van der Waals surface area (Å²) in [6.45, 7) is 0. The molecule has 1 aromatic carbocycles. The Balaban J connectivity index is 0.000000178. The highest BCUT2D eigenvalue weighted by atomic mass is 16.5. The largest absolute Gasteiger partial charge is 0.410 e. The van der Waals surface area contributed by atoms with Crippen molar-refractivity contribution in [1.82, 2.24) is 35.5 Å². The number of carbonyl (C=O) groups is 1. The van der Waals surface area contributed by atoms with Gasteiger partial charge in [-0.25, -0.2) is 4.98 Å². The summed E-state index contributed by atoms with van der Waals surface area (Å²) >= 11 is 0. The fourth-order valence-electron chi connectivity index (χ4n) is 2.48. The van der Waals surface area contributed by atoms with Crippen LogP contribution in [0, 0.1) is 0 Å². The highest BCUT2D eigenvalue weighted by Gasteiger charge is 2.12. The average Bonchev–Trinajstić information content (AvgIpc) is 3.25. The molecule has 0 saturated heterocycles. The molecule has 12 heteroatoms. The van der Waals surface area contributed by atoms with Crippen LogP contribution in [0.3, 0.4) is 0 Å². The second-order valence-corrected chi connectivity index (χ2v) is 6.12. The zero-order chi connectivity index (χ0) is 21.5. The molecule has 2 aromatic heterocycles. The molecule has 0 unspecified atom stereocenters. The zero-order valence-electron chi connectivity index (χ0n) is 16.3. The van der Waals surface area contributed by atoms with Gasteiger partial charge in [-0.05, 0) is 23.4 Å². The minimum Gasteiger partial charge on any atom is -0.410 e. The Hall–Kier alpha value is -4.48. The third kappa shape index (κ3) is 4.67. The van der Waals surface area contributed by atoms with Gasteiger partial charge in [0.2, 0.25) is 5.82 Å². The summed E-state index contributed by atoms with van der Waals surface area (Å²) < 4.78 is 0. The number of amides is 1. The van der Waals surface area contributed by atoms with Crippen LogP contribution >= 0.6 is 0 Å². The van der Waals surface area contributed by atoms with Gasteiger partial charge in [0.25, 0.3) is 5.91 Å². The summed E-state index contributed by atoms with van der Waals surface area (Å²) in [5.41, 5.74) is 8.19. The van der Waals surface area contributed by atoms with Gasteiger partial charge in [-0.3, -0.25) is 9.80 Å². The number of nitrogens with one attached hydrogen (secondary N) is 2. The molecule has 1 amide bonds. The first kappa shape index (κ1) is 20.3. The number of para-hydroxylation sites is 1. The van der Waals surface area contributed by atoms with E-state index in [9.17, 15) is 10.0 Å². The lowest BCUT2D eigenvalue weighted by Gasteiger charge is -2.07. The Morgan fingerprint density at radius 1 is 1.27 bits per heavy atom. The van der Waals surface area contributed by atoms with Crippen LogP contribution < -0.4 is 11.1 Å². The zero-order valence-corrected chi connectivity index (χ0v) is 16.3. The number of allylic oxidation sites excluding steroid dienone is 4. The van der Waals surface area contributed by atoms with Crippen LogP contribution in [-0.2, 0) is 0 Å². The Morgan fingerprint density at radius 3 is 2.87 bits per heavy atom. The molecule has 154 valence electrons. The first-order chi connectivity index (χ1) is 14.5. The maximum atomic E-state index is 10.8. The number of nitrogens with two attached hydrogens (primary N) is 1. The summed E-state index contributed by atoms with van der Waals surface area (Å²) in [6.07, 6.45) is 10.9. The number of primary amides is 1. The monoisotopic (exact) mass is 408 g/mol. The van der Waals surface area contributed by atoms with Crippen molar-refractivity contribution in [3.8, 4) is 0 Å². The first-order valence-corrected chi connectivity index (χ1v) is 8.73. The van der Waals surface area contributed by atoms with E-state index in [-0.39, 0.29) is 11.5 Å². The Labute approximate surface area is 171 Å². The second kappa shape index (κ2) is 9.14. The topological polar surface area (TPSA) is 163 Å². The van der Waals surface area contributed by atoms with Crippen LogP contribution in [0.5, 0.6) is 0 Å². The lowest BCUT2D eigenvalue weighted by atomic mass is 10.1. The normalized spacial score (nSPS) is 12.8. The summed E-state index contributed by atoms with van der Waals surface area (Å²) in [4.78, 5) is 17.9. The van der Waals surface area contributed by atoms with Crippen LogP contribution in [0.2, 0.25) is 0 Å². The van der Waals surface area contributed by atoms with E-state index in [0.29, 0.717) is 11.0 Å². The highest BCUT2D eigenvalue weighted by molar-refractivity contribution is 5.94. The predicted octanol–water partition coefficient (Wildman–Crippen LogP) is 1.75. The fraction of sp³-hybridized carbons (Fsp3) is 0.111. The molecular formula is C18H20N10O2. The lowest BCUT2D eigenvalue weighted by molar-refractivity contribution is 0.0996. The summed E-state index contributed by atoms with van der Waals surface area (Å²) in [5.74, 6) is -0.411. The Bertz CT molecular complexity index is 1150. The van der Waals surface area contributed by atoms with Gasteiger partial charge in [0.1, 0.15) is 11.0 Å². The smallest absolute Gasteiger partial charge is 0.269 e. The minimum atomic E-state index is -0.606. The highest BCUT2D eigenvalue weighted by Crippen LogP contribution is 2.22. The van der Waals surface area contributed by atoms with Crippen molar-refractivity contribution in [2.75, 3.05) is 14.1 Å². The molecule has 0 saturated carbocycles. The molecule has 0 aliphatic carbocycles. The van der Waals surface area contributed by atoms with Gasteiger partial charge in [0.15, 0.2) is 5.69 Å². The number of benzene rings is 1. The minimum absolute atomic E-state index is 0.158. The van der Waals surface area contributed by atoms with E-state index in [0.717, 1.165) is 16.1 Å². The van der Waals surface area contributed by atoms with Gasteiger partial charge >= 0.3 is 0 Å². The van der Waals surface area contributed by atoms with E-state index in [1.54, 1.807) is 14.1 Å². The van der Waals surface area contributed by atoms with E-state index in [1.807, 2.05) is 48.7 Å². The van der Waals surface area contributed by atoms with Crippen molar-refractivity contribution < 1.29 is 10.0 Å². The summed E-state index contributed by atoms with van der Waals surface area (Å²) in [6, 6.07) is 5.60. The molecule has 0 fully saturated rings. The van der Waals surface area contributed by atoms with E-state index in [4.69, 9.17) is 5.73 Å². The summed E-state index contributed by atoms with van der Waals surface area (Å²) in [5, 5.41) is 29.1. The number of aromatic nitrogens is 5. The molecular weight excluding hydrogens is 388 g/mol. The van der Waals surface area contributed by atoms with Crippen molar-refractivity contribution >= 4 is 28.5 Å². The van der Waals surface area contributed by atoms with E-state index < -0.39 is 5.91 Å². The van der Waals surface area contributed by atoms with E-state index in [1.165, 1.54) is 11.3 Å². The number of aromatic amines is 1. The number of carbonyl (C=O) groups excluding carboxylic acids is 1. The number of H-pyrrole nitrogens is 1. The van der Waals surface area contributed by atoms with Crippen molar-refractivity contribution in [3.63, 3.8) is 0 Å². The molecule has 0 spiro atoms. The van der Waals surface area contributed by atoms with Gasteiger partial charge < -0.3 is 21.2 Å². The van der Waals surface area contributed by atoms with Gasteiger partial charge in [-0.2, -0.15) is 0 Å². The maximum absolute atomic E-state index is 10.8. The van der Waals surface area contributed by atoms with Crippen molar-refractivity contribution in [2.24, 2.45) is 16.1 Å². The quantitative estimate of drug-likeness (QED) is 0.290. The Morgan fingerprint density at radius 2 is 2.10 bits per heavy atom. The van der Waals surface area contributed by atoms with Crippen LogP contribution in [0.15, 0.2) is 65.4 Å². The molecule has 0 radical (unpaired) electrons. The maximum Gasteiger partial charge on any atom is 0.269 e. The SMILES string of the molecule is CN(C)N=Nc1nc[nH]c1C(N)=O.On1nnc2cccc(C3=CC=CC=CN3)c21. The average molecular weight is 408 g/mol. The predicted molar refractivity (Wildman–Crippen MR) is 109 cm³/mol. The Kier molecular flexibility index (Phi) is 6.17. The van der Waals surface area contributed by atoms with Crippen LogP contribution in [0.4, 0.5) is 5.82 Å². The number of fused-ring (bicyclic) bond motifs is 1. The van der Waals surface area contributed by atoms with Gasteiger partial charge in [-0.1, -0.05) is 34.4 Å². The number of rotatable bonds is 4. The molecule has 3 heterocycles. The molecule has 12 nitrogen and oxygen atoms in total. The fourth-order valence-corrected chi connectivity index (χ4v) is 2.48. The third-order valence-corrected chi connectivity index (χ3v) is 3.75. The van der Waals surface area contributed by atoms with E-state index in [2.05, 4.69) is 35.9 Å². The molecule has 1 aliphatic rings. The third-order valence-electron chi connectivity index (χ3n) is 3.75. The number of hydrogen-bond donors (Lipinski definition) is 4. The number of nitrogens with zero attached hydrogens (tertiary/aromatic N) is 7. The standard InChI is InChI=1S/C12H10N4O.C6H10N6O/c17-16-12-9(5-4-7-11(12)14-15-16)10-6-2-1-3-8-13-10;1-12(2)11-10-6-4(5(7)13)8-3-9-6/h1-8,13,17H;3H,1-2H3,(H2,7,13)(H,8,9). The van der Waals surface area contributed by atoms with Gasteiger partial charge in [0, 0.05) is 31.6 Å². The molecule has 30 heavy (non-hydrogen) atoms. The molecule has 0 bridgehead atoms. The first-order valence-electron chi connectivity index (χ1n) is 8.73. The van der Waals surface area contributed by atoms with Crippen LogP contribution in [0.25, 0.3) is 16.7 Å². The lowest BCUT2D eigenvalue weighted by Crippen LogP contribution is -2.11. The van der Waals surface area contributed by atoms with E-state index >= 15 is 0 Å². The van der Waals surface area contributed by atoms with Crippen LogP contribution in [0.1, 0.15) is 16.1 Å². The summed E-state index contributed by atoms with van der Waals surface area (Å²) in [7, 11) is 3.42. The number of hydrogen-bond acceptors (Lipinski definition) is 8. The van der Waals surface area contributed by atoms with Gasteiger partial charge in [-0.15, -0.1) is 10.2 Å².